The molecule has 2 aromatic rings. The molecule has 4 N–H and O–H groups in total. The lowest BCUT2D eigenvalue weighted by Gasteiger charge is -2.00. The van der Waals surface area contributed by atoms with E-state index in [-0.39, 0.29) is 34.1 Å². The fourth-order valence-electron chi connectivity index (χ4n) is 1.83. The molecular formula is C18H14O7. The van der Waals surface area contributed by atoms with Crippen LogP contribution in [0.3, 0.4) is 0 Å². The van der Waals surface area contributed by atoms with Crippen LogP contribution in [0.5, 0.6) is 23.0 Å². The van der Waals surface area contributed by atoms with Gasteiger partial charge in [0.25, 0.3) is 0 Å². The van der Waals surface area contributed by atoms with Crippen LogP contribution in [0.15, 0.2) is 48.6 Å². The summed E-state index contributed by atoms with van der Waals surface area (Å²) in [6.07, 6.45) is 4.17. The van der Waals surface area contributed by atoms with Crippen LogP contribution in [0.25, 0.3) is 12.2 Å². The summed E-state index contributed by atoms with van der Waals surface area (Å²) in [7, 11) is 0. The van der Waals surface area contributed by atoms with Gasteiger partial charge in [-0.3, -0.25) is 0 Å². The van der Waals surface area contributed by atoms with E-state index < -0.39 is 11.9 Å². The van der Waals surface area contributed by atoms with E-state index in [0.717, 1.165) is 12.2 Å². The van der Waals surface area contributed by atoms with Gasteiger partial charge in [0.05, 0.1) is 0 Å². The molecule has 0 fully saturated rings. The number of hydrogen-bond donors (Lipinski definition) is 4. The Balaban J connectivity index is 1.99. The fraction of sp³-hybridized carbons (Fsp3) is 0. The molecular weight excluding hydrogens is 328 g/mol. The molecule has 0 saturated heterocycles. The molecule has 0 aliphatic carbocycles. The zero-order valence-electron chi connectivity index (χ0n) is 12.8. The second-order valence-corrected chi connectivity index (χ2v) is 4.89. The summed E-state index contributed by atoms with van der Waals surface area (Å²) >= 11 is 0. The number of benzene rings is 2. The third-order valence-electron chi connectivity index (χ3n) is 3.02. The smallest absolute Gasteiger partial charge is 0.338 e. The van der Waals surface area contributed by atoms with Gasteiger partial charge in [0.1, 0.15) is 23.0 Å². The first-order chi connectivity index (χ1) is 11.8. The predicted octanol–water partition coefficient (Wildman–Crippen LogP) is 2.31. The van der Waals surface area contributed by atoms with Gasteiger partial charge in [-0.15, -0.1) is 0 Å². The first-order valence-electron chi connectivity index (χ1n) is 7.01. The summed E-state index contributed by atoms with van der Waals surface area (Å²) in [5, 5.41) is 37.7. The Morgan fingerprint density at radius 2 is 1.12 bits per heavy atom. The molecule has 2 rings (SSSR count). The molecule has 0 aromatic heterocycles. The Hall–Kier alpha value is -3.74. The van der Waals surface area contributed by atoms with Crippen molar-refractivity contribution in [1.82, 2.24) is 0 Å². The molecule has 0 radical (unpaired) electrons. The molecule has 0 amide bonds. The van der Waals surface area contributed by atoms with Crippen molar-refractivity contribution in [2.45, 2.75) is 0 Å². The van der Waals surface area contributed by atoms with Crippen LogP contribution in [0.4, 0.5) is 0 Å². The summed E-state index contributed by atoms with van der Waals surface area (Å²) in [6.45, 7) is 0. The number of aromatic hydroxyl groups is 4. The number of carbonyl (C=O) groups is 2. The third-order valence-corrected chi connectivity index (χ3v) is 3.02. The highest BCUT2D eigenvalue weighted by atomic mass is 16.6. The largest absolute Gasteiger partial charge is 0.508 e. The van der Waals surface area contributed by atoms with Crippen LogP contribution in [-0.2, 0) is 14.3 Å². The van der Waals surface area contributed by atoms with Crippen molar-refractivity contribution in [2.75, 3.05) is 0 Å². The molecule has 2 aromatic carbocycles. The first kappa shape index (κ1) is 17.6. The number of phenols is 4. The molecule has 0 atom stereocenters. The Morgan fingerprint density at radius 3 is 1.52 bits per heavy atom. The molecule has 0 spiro atoms. The van der Waals surface area contributed by atoms with Crippen molar-refractivity contribution in [1.29, 1.82) is 0 Å². The highest BCUT2D eigenvalue weighted by molar-refractivity contribution is 6.00. The molecule has 0 saturated carbocycles. The molecule has 0 heterocycles. The number of phenolic OH excluding ortho intramolecular Hbond substituents is 4. The van der Waals surface area contributed by atoms with Gasteiger partial charge >= 0.3 is 11.9 Å². The van der Waals surface area contributed by atoms with Crippen molar-refractivity contribution < 1.29 is 34.8 Å². The monoisotopic (exact) mass is 342 g/mol. The van der Waals surface area contributed by atoms with E-state index in [9.17, 15) is 30.0 Å². The van der Waals surface area contributed by atoms with Crippen LogP contribution in [0.2, 0.25) is 0 Å². The molecule has 7 heteroatoms. The van der Waals surface area contributed by atoms with Gasteiger partial charge in [-0.05, 0) is 48.6 Å². The molecule has 25 heavy (non-hydrogen) atoms. The molecule has 0 bridgehead atoms. The summed E-state index contributed by atoms with van der Waals surface area (Å²) in [6, 6.07) is 7.50. The lowest BCUT2D eigenvalue weighted by molar-refractivity contribution is -0.152. The minimum absolute atomic E-state index is 0.101. The molecule has 0 unspecified atom stereocenters. The zero-order valence-corrected chi connectivity index (χ0v) is 12.8. The average Bonchev–Trinajstić information content (AvgIpc) is 2.56. The van der Waals surface area contributed by atoms with Gasteiger partial charge in [-0.25, -0.2) is 9.59 Å². The molecule has 7 nitrogen and oxygen atoms in total. The minimum atomic E-state index is -0.988. The summed E-state index contributed by atoms with van der Waals surface area (Å²) in [4.78, 5) is 23.1. The average molecular weight is 342 g/mol. The Kier molecular flexibility index (Phi) is 5.42. The third kappa shape index (κ3) is 5.14. The standard InChI is InChI=1S/C18H14O7/c19-13-3-5-15(21)11(9-13)1-7-17(23)25-18(24)8-2-12-10-14(20)4-6-16(12)22/h1-10,19-22H. The van der Waals surface area contributed by atoms with E-state index in [4.69, 9.17) is 0 Å². The zero-order chi connectivity index (χ0) is 18.4. The molecule has 128 valence electrons. The van der Waals surface area contributed by atoms with Crippen molar-refractivity contribution in [3.63, 3.8) is 0 Å². The van der Waals surface area contributed by atoms with Gasteiger partial charge < -0.3 is 25.2 Å². The lowest BCUT2D eigenvalue weighted by atomic mass is 10.1. The van der Waals surface area contributed by atoms with Crippen molar-refractivity contribution >= 4 is 24.1 Å². The van der Waals surface area contributed by atoms with Crippen molar-refractivity contribution in [2.24, 2.45) is 0 Å². The SMILES string of the molecule is O=C(C=Cc1cc(O)ccc1O)OC(=O)C=Cc1cc(O)ccc1O. The molecule has 0 aliphatic rings. The summed E-state index contributed by atoms with van der Waals surface area (Å²) in [5.41, 5.74) is 0.342. The summed E-state index contributed by atoms with van der Waals surface area (Å²) in [5.74, 6) is -2.50. The number of hydrogen-bond acceptors (Lipinski definition) is 7. The normalized spacial score (nSPS) is 11.0. The maximum absolute atomic E-state index is 11.6. The van der Waals surface area contributed by atoms with E-state index >= 15 is 0 Å². The van der Waals surface area contributed by atoms with E-state index in [1.807, 2.05) is 0 Å². The lowest BCUT2D eigenvalue weighted by Crippen LogP contribution is -2.06. The van der Waals surface area contributed by atoms with Gasteiger partial charge in [0.2, 0.25) is 0 Å². The maximum atomic E-state index is 11.6. The Morgan fingerprint density at radius 1 is 0.720 bits per heavy atom. The van der Waals surface area contributed by atoms with Crippen molar-refractivity contribution in [3.8, 4) is 23.0 Å². The second-order valence-electron chi connectivity index (χ2n) is 4.89. The number of carbonyl (C=O) groups excluding carboxylic acids is 2. The van der Waals surface area contributed by atoms with E-state index in [1.54, 1.807) is 0 Å². The molecule has 0 aliphatic heterocycles. The second kappa shape index (κ2) is 7.69. The van der Waals surface area contributed by atoms with Gasteiger partial charge in [-0.1, -0.05) is 0 Å². The van der Waals surface area contributed by atoms with E-state index in [2.05, 4.69) is 4.74 Å². The van der Waals surface area contributed by atoms with Crippen LogP contribution >= 0.6 is 0 Å². The quantitative estimate of drug-likeness (QED) is 0.291. The van der Waals surface area contributed by atoms with Gasteiger partial charge in [0, 0.05) is 23.3 Å². The number of esters is 2. The van der Waals surface area contributed by atoms with E-state index in [1.165, 1.54) is 48.6 Å². The minimum Gasteiger partial charge on any atom is -0.508 e. The summed E-state index contributed by atoms with van der Waals surface area (Å²) < 4.78 is 4.49. The Labute approximate surface area is 142 Å². The first-order valence-corrected chi connectivity index (χ1v) is 7.01. The van der Waals surface area contributed by atoms with E-state index in [0.29, 0.717) is 0 Å². The van der Waals surface area contributed by atoms with Crippen LogP contribution in [0, 0.1) is 0 Å². The Bertz CT molecular complexity index is 794. The van der Waals surface area contributed by atoms with Crippen LogP contribution in [-0.4, -0.2) is 32.4 Å². The fourth-order valence-corrected chi connectivity index (χ4v) is 1.83. The van der Waals surface area contributed by atoms with Crippen LogP contribution < -0.4 is 0 Å². The highest BCUT2D eigenvalue weighted by Gasteiger charge is 2.06. The maximum Gasteiger partial charge on any atom is 0.338 e. The number of rotatable bonds is 4. The van der Waals surface area contributed by atoms with Gasteiger partial charge in [0.15, 0.2) is 0 Å². The van der Waals surface area contributed by atoms with Crippen LogP contribution in [0.1, 0.15) is 11.1 Å². The highest BCUT2D eigenvalue weighted by Crippen LogP contribution is 2.24. The number of ether oxygens (including phenoxy) is 1. The predicted molar refractivity (Wildman–Crippen MR) is 88.7 cm³/mol. The topological polar surface area (TPSA) is 124 Å². The van der Waals surface area contributed by atoms with Crippen molar-refractivity contribution in [3.05, 3.63) is 59.7 Å². The van der Waals surface area contributed by atoms with Gasteiger partial charge in [-0.2, -0.15) is 0 Å².